The van der Waals surface area contributed by atoms with E-state index in [2.05, 4.69) is 4.98 Å². The Morgan fingerprint density at radius 2 is 1.94 bits per heavy atom. The van der Waals surface area contributed by atoms with Crippen LogP contribution in [0.4, 0.5) is 8.78 Å². The molecule has 0 radical (unpaired) electrons. The molecule has 0 saturated carbocycles. The Balaban J connectivity index is 2.31. The smallest absolute Gasteiger partial charge is 0.220 e. The predicted octanol–water partition coefficient (Wildman–Crippen LogP) is 3.33. The fourth-order valence-electron chi connectivity index (χ4n) is 1.42. The van der Waals surface area contributed by atoms with Gasteiger partial charge in [0.05, 0.1) is 11.6 Å². The summed E-state index contributed by atoms with van der Waals surface area (Å²) >= 11 is 0. The Labute approximate surface area is 102 Å². The van der Waals surface area contributed by atoms with Crippen LogP contribution >= 0.6 is 0 Å². The molecule has 0 saturated heterocycles. The molecule has 0 fully saturated rings. The Morgan fingerprint density at radius 1 is 1.17 bits per heavy atom. The van der Waals surface area contributed by atoms with Gasteiger partial charge in [0.15, 0.2) is 11.6 Å². The maximum absolute atomic E-state index is 13.0. The minimum atomic E-state index is -0.999. The van der Waals surface area contributed by atoms with E-state index >= 15 is 0 Å². The number of nitrogens with zero attached hydrogens (tertiary/aromatic N) is 2. The predicted molar refractivity (Wildman–Crippen MR) is 60.1 cm³/mol. The average molecular weight is 246 g/mol. The lowest BCUT2D eigenvalue weighted by atomic mass is 10.2. The highest BCUT2D eigenvalue weighted by Gasteiger charge is 2.06. The number of hydrogen-bond acceptors (Lipinski definition) is 3. The van der Waals surface area contributed by atoms with E-state index in [-0.39, 0.29) is 11.6 Å². The molecule has 1 aromatic carbocycles. The summed E-state index contributed by atoms with van der Waals surface area (Å²) in [6.45, 7) is 1.71. The molecule has 1 aromatic heterocycles. The molecule has 1 heterocycles. The summed E-state index contributed by atoms with van der Waals surface area (Å²) in [4.78, 5) is 4.04. The molecule has 90 valence electrons. The van der Waals surface area contributed by atoms with Gasteiger partial charge in [0.1, 0.15) is 5.75 Å². The van der Waals surface area contributed by atoms with E-state index in [4.69, 9.17) is 10.00 Å². The van der Waals surface area contributed by atoms with Crippen LogP contribution < -0.4 is 4.74 Å². The van der Waals surface area contributed by atoms with Crippen LogP contribution in [0.1, 0.15) is 11.3 Å². The number of nitriles is 1. The molecular weight excluding hydrogens is 238 g/mol. The molecule has 0 atom stereocenters. The van der Waals surface area contributed by atoms with Gasteiger partial charge >= 0.3 is 0 Å². The third-order valence-electron chi connectivity index (χ3n) is 2.17. The van der Waals surface area contributed by atoms with Crippen molar-refractivity contribution in [3.63, 3.8) is 0 Å². The molecule has 0 amide bonds. The van der Waals surface area contributed by atoms with E-state index in [9.17, 15) is 8.78 Å². The largest absolute Gasteiger partial charge is 0.439 e. The summed E-state index contributed by atoms with van der Waals surface area (Å²) in [5.41, 5.74) is 0.992. The zero-order valence-corrected chi connectivity index (χ0v) is 9.45. The second kappa shape index (κ2) is 4.80. The van der Waals surface area contributed by atoms with Crippen molar-refractivity contribution in [3.8, 4) is 17.7 Å². The van der Waals surface area contributed by atoms with Crippen molar-refractivity contribution in [1.82, 2.24) is 4.98 Å². The van der Waals surface area contributed by atoms with Crippen molar-refractivity contribution in [3.05, 3.63) is 53.2 Å². The molecule has 0 bridgehead atoms. The Morgan fingerprint density at radius 3 is 2.61 bits per heavy atom. The van der Waals surface area contributed by atoms with Crippen molar-refractivity contribution >= 4 is 0 Å². The van der Waals surface area contributed by atoms with Gasteiger partial charge in [-0.3, -0.25) is 0 Å². The van der Waals surface area contributed by atoms with Crippen molar-refractivity contribution in [1.29, 1.82) is 5.26 Å². The maximum atomic E-state index is 13.0. The summed E-state index contributed by atoms with van der Waals surface area (Å²) < 4.78 is 31.0. The normalized spacial score (nSPS) is 9.89. The lowest BCUT2D eigenvalue weighted by Crippen LogP contribution is -1.93. The summed E-state index contributed by atoms with van der Waals surface area (Å²) in [6, 6.07) is 8.15. The number of aromatic nitrogens is 1. The maximum Gasteiger partial charge on any atom is 0.220 e. The van der Waals surface area contributed by atoms with Crippen molar-refractivity contribution < 1.29 is 13.5 Å². The average Bonchev–Trinajstić information content (AvgIpc) is 2.33. The van der Waals surface area contributed by atoms with Crippen LogP contribution in [0.3, 0.4) is 0 Å². The number of pyridine rings is 1. The Bertz CT molecular complexity index is 635. The lowest BCUT2D eigenvalue weighted by Gasteiger charge is -2.06. The van der Waals surface area contributed by atoms with Gasteiger partial charge in [0.25, 0.3) is 0 Å². The molecule has 3 nitrogen and oxygen atoms in total. The first kappa shape index (κ1) is 12.0. The molecule has 0 N–H and O–H groups in total. The van der Waals surface area contributed by atoms with Gasteiger partial charge in [-0.25, -0.2) is 13.8 Å². The quantitative estimate of drug-likeness (QED) is 0.816. The number of halogens is 2. The second-order valence-electron chi connectivity index (χ2n) is 3.63. The third-order valence-corrected chi connectivity index (χ3v) is 2.17. The van der Waals surface area contributed by atoms with E-state index in [1.807, 2.05) is 6.07 Å². The molecule has 0 unspecified atom stereocenters. The zero-order chi connectivity index (χ0) is 13.1. The third kappa shape index (κ3) is 2.61. The van der Waals surface area contributed by atoms with Crippen molar-refractivity contribution in [2.45, 2.75) is 6.92 Å². The zero-order valence-electron chi connectivity index (χ0n) is 9.45. The van der Waals surface area contributed by atoms with E-state index in [0.29, 0.717) is 11.3 Å². The van der Waals surface area contributed by atoms with Gasteiger partial charge in [-0.2, -0.15) is 5.26 Å². The molecule has 0 spiro atoms. The van der Waals surface area contributed by atoms with Crippen LogP contribution in [0.15, 0.2) is 30.3 Å². The van der Waals surface area contributed by atoms with E-state index in [1.54, 1.807) is 13.0 Å². The van der Waals surface area contributed by atoms with E-state index < -0.39 is 11.6 Å². The van der Waals surface area contributed by atoms with Gasteiger partial charge in [0, 0.05) is 17.8 Å². The number of rotatable bonds is 2. The second-order valence-corrected chi connectivity index (χ2v) is 3.63. The molecule has 0 aliphatic rings. The number of aryl methyl sites for hydroxylation is 1. The summed E-state index contributed by atoms with van der Waals surface area (Å²) in [5, 5.41) is 8.79. The highest BCUT2D eigenvalue weighted by molar-refractivity contribution is 5.36. The number of hydrogen-bond donors (Lipinski definition) is 0. The van der Waals surface area contributed by atoms with Gasteiger partial charge in [-0.1, -0.05) is 0 Å². The number of benzene rings is 1. The van der Waals surface area contributed by atoms with Crippen LogP contribution in [0.5, 0.6) is 11.6 Å². The van der Waals surface area contributed by atoms with Crippen molar-refractivity contribution in [2.75, 3.05) is 0 Å². The number of ether oxygens (including phenoxy) is 1. The minimum absolute atomic E-state index is 0.121. The fourth-order valence-corrected chi connectivity index (χ4v) is 1.42. The highest BCUT2D eigenvalue weighted by atomic mass is 19.2. The molecule has 2 aromatic rings. The monoisotopic (exact) mass is 246 g/mol. The summed E-state index contributed by atoms with van der Waals surface area (Å²) in [6.07, 6.45) is 0. The minimum Gasteiger partial charge on any atom is -0.439 e. The Kier molecular flexibility index (Phi) is 3.20. The highest BCUT2D eigenvalue weighted by Crippen LogP contribution is 2.22. The van der Waals surface area contributed by atoms with E-state index in [1.165, 1.54) is 12.1 Å². The van der Waals surface area contributed by atoms with Crippen LogP contribution in [0.25, 0.3) is 0 Å². The van der Waals surface area contributed by atoms with Crippen LogP contribution in [-0.4, -0.2) is 4.98 Å². The van der Waals surface area contributed by atoms with Crippen LogP contribution in [0, 0.1) is 29.9 Å². The van der Waals surface area contributed by atoms with Crippen molar-refractivity contribution in [2.24, 2.45) is 0 Å². The molecule has 2 rings (SSSR count). The first-order chi connectivity index (χ1) is 8.58. The van der Waals surface area contributed by atoms with Gasteiger partial charge < -0.3 is 4.74 Å². The van der Waals surface area contributed by atoms with Crippen LogP contribution in [-0.2, 0) is 0 Å². The van der Waals surface area contributed by atoms with Crippen LogP contribution in [0.2, 0.25) is 0 Å². The Hall–Kier alpha value is -2.48. The van der Waals surface area contributed by atoms with Gasteiger partial charge in [-0.15, -0.1) is 0 Å². The molecule has 5 heteroatoms. The fraction of sp³-hybridized carbons (Fsp3) is 0.0769. The molecular formula is C13H8F2N2O. The molecule has 18 heavy (non-hydrogen) atoms. The first-order valence-corrected chi connectivity index (χ1v) is 5.10. The standard InChI is InChI=1S/C13H8F2N2O/c1-8-4-9(7-16)5-13(17-8)18-10-2-3-11(14)12(15)6-10/h2-6H,1H3. The van der Waals surface area contributed by atoms with E-state index in [0.717, 1.165) is 12.1 Å². The lowest BCUT2D eigenvalue weighted by molar-refractivity contribution is 0.446. The molecule has 0 aliphatic carbocycles. The summed E-state index contributed by atoms with van der Waals surface area (Å²) in [5.74, 6) is -1.66. The van der Waals surface area contributed by atoms with Gasteiger partial charge in [0.2, 0.25) is 5.88 Å². The first-order valence-electron chi connectivity index (χ1n) is 5.10. The SMILES string of the molecule is Cc1cc(C#N)cc(Oc2ccc(F)c(F)c2)n1. The summed E-state index contributed by atoms with van der Waals surface area (Å²) in [7, 11) is 0. The van der Waals surface area contributed by atoms with Gasteiger partial charge in [-0.05, 0) is 25.1 Å². The topological polar surface area (TPSA) is 45.9 Å². The molecule has 0 aliphatic heterocycles.